The van der Waals surface area contributed by atoms with E-state index in [9.17, 15) is 4.79 Å². The first-order valence-electron chi connectivity index (χ1n) is 9.23. The number of likely N-dealkylation sites (tertiary alicyclic amines) is 1. The van der Waals surface area contributed by atoms with Gasteiger partial charge in [0.15, 0.2) is 0 Å². The van der Waals surface area contributed by atoms with Crippen LogP contribution in [0.1, 0.15) is 44.9 Å². The molecular formula is C19H28N2O3. The van der Waals surface area contributed by atoms with E-state index in [0.717, 1.165) is 38.1 Å². The first-order valence-corrected chi connectivity index (χ1v) is 9.23. The van der Waals surface area contributed by atoms with E-state index >= 15 is 0 Å². The largest absolute Gasteiger partial charge is 0.490 e. The van der Waals surface area contributed by atoms with Crippen molar-refractivity contribution in [3.8, 4) is 5.75 Å². The van der Waals surface area contributed by atoms with Gasteiger partial charge < -0.3 is 14.4 Å². The Bertz CT molecular complexity index is 495. The van der Waals surface area contributed by atoms with Crippen molar-refractivity contribution >= 4 is 5.91 Å². The number of rotatable bonds is 7. The Morgan fingerprint density at radius 1 is 1.17 bits per heavy atom. The van der Waals surface area contributed by atoms with E-state index in [1.54, 1.807) is 12.4 Å². The molecule has 2 fully saturated rings. The van der Waals surface area contributed by atoms with Crippen molar-refractivity contribution < 1.29 is 14.3 Å². The lowest BCUT2D eigenvalue weighted by atomic mass is 10.0. The molecule has 0 unspecified atom stereocenters. The van der Waals surface area contributed by atoms with Crippen LogP contribution in [0.4, 0.5) is 0 Å². The molecule has 1 aliphatic carbocycles. The summed E-state index contributed by atoms with van der Waals surface area (Å²) >= 11 is 0. The quantitative estimate of drug-likeness (QED) is 0.720. The normalized spacial score (nSPS) is 19.6. The summed E-state index contributed by atoms with van der Waals surface area (Å²) in [5.74, 6) is 1.75. The Balaban J connectivity index is 1.28. The number of hydrogen-bond acceptors (Lipinski definition) is 4. The highest BCUT2D eigenvalue weighted by atomic mass is 16.5. The molecule has 2 aliphatic rings. The van der Waals surface area contributed by atoms with Crippen LogP contribution in [0, 0.1) is 5.92 Å². The van der Waals surface area contributed by atoms with Gasteiger partial charge in [-0.2, -0.15) is 0 Å². The minimum Gasteiger partial charge on any atom is -0.490 e. The van der Waals surface area contributed by atoms with E-state index in [4.69, 9.17) is 9.47 Å². The van der Waals surface area contributed by atoms with Gasteiger partial charge in [-0.15, -0.1) is 0 Å². The van der Waals surface area contributed by atoms with Gasteiger partial charge in [-0.25, -0.2) is 0 Å². The van der Waals surface area contributed by atoms with Gasteiger partial charge in [0.25, 0.3) is 0 Å². The summed E-state index contributed by atoms with van der Waals surface area (Å²) in [5.41, 5.74) is 0. The van der Waals surface area contributed by atoms with Crippen molar-refractivity contribution in [1.29, 1.82) is 0 Å². The molecule has 1 aromatic heterocycles. The average Bonchev–Trinajstić information content (AvgIpc) is 3.13. The van der Waals surface area contributed by atoms with Crippen LogP contribution in [0.5, 0.6) is 5.75 Å². The number of ether oxygens (including phenoxy) is 2. The van der Waals surface area contributed by atoms with Crippen LogP contribution in [-0.2, 0) is 9.53 Å². The smallest absolute Gasteiger partial charge is 0.222 e. The molecule has 132 valence electrons. The number of carbonyl (C=O) groups is 1. The fraction of sp³-hybridized carbons (Fsp3) is 0.684. The Kier molecular flexibility index (Phi) is 6.47. The fourth-order valence-corrected chi connectivity index (χ4v) is 3.67. The molecule has 0 bridgehead atoms. The molecule has 1 aromatic rings. The van der Waals surface area contributed by atoms with Crippen LogP contribution >= 0.6 is 0 Å². The number of piperidine rings is 1. The maximum absolute atomic E-state index is 12.3. The van der Waals surface area contributed by atoms with E-state index in [1.165, 1.54) is 25.7 Å². The van der Waals surface area contributed by atoms with Gasteiger partial charge in [0.05, 0.1) is 18.9 Å². The average molecular weight is 332 g/mol. The summed E-state index contributed by atoms with van der Waals surface area (Å²) in [6.45, 7) is 2.78. The van der Waals surface area contributed by atoms with E-state index in [-0.39, 0.29) is 6.10 Å². The lowest BCUT2D eigenvalue weighted by Crippen LogP contribution is -2.41. The highest BCUT2D eigenvalue weighted by Crippen LogP contribution is 2.28. The van der Waals surface area contributed by atoms with E-state index in [2.05, 4.69) is 4.98 Å². The van der Waals surface area contributed by atoms with Gasteiger partial charge in [0, 0.05) is 25.7 Å². The number of nitrogens with zero attached hydrogens (tertiary/aromatic N) is 2. The molecule has 1 saturated carbocycles. The Morgan fingerprint density at radius 2 is 1.96 bits per heavy atom. The Morgan fingerprint density at radius 3 is 2.67 bits per heavy atom. The van der Waals surface area contributed by atoms with Gasteiger partial charge in [0.2, 0.25) is 5.91 Å². The van der Waals surface area contributed by atoms with Crippen LogP contribution < -0.4 is 4.74 Å². The zero-order valence-corrected chi connectivity index (χ0v) is 14.4. The van der Waals surface area contributed by atoms with Gasteiger partial charge in [-0.1, -0.05) is 12.8 Å². The lowest BCUT2D eigenvalue weighted by molar-refractivity contribution is -0.134. The van der Waals surface area contributed by atoms with Crippen molar-refractivity contribution in [3.63, 3.8) is 0 Å². The molecule has 3 rings (SSSR count). The zero-order valence-electron chi connectivity index (χ0n) is 14.4. The first kappa shape index (κ1) is 17.2. The number of aromatic nitrogens is 1. The Hall–Kier alpha value is -1.62. The molecule has 1 saturated heterocycles. The maximum Gasteiger partial charge on any atom is 0.222 e. The maximum atomic E-state index is 12.3. The molecule has 5 nitrogen and oxygen atoms in total. The third kappa shape index (κ3) is 5.20. The molecule has 0 N–H and O–H groups in total. The van der Waals surface area contributed by atoms with Crippen LogP contribution in [0.3, 0.4) is 0 Å². The molecule has 0 radical (unpaired) electrons. The van der Waals surface area contributed by atoms with Gasteiger partial charge in [-0.3, -0.25) is 9.78 Å². The minimum absolute atomic E-state index is 0.248. The molecule has 24 heavy (non-hydrogen) atoms. The van der Waals surface area contributed by atoms with E-state index in [0.29, 0.717) is 25.0 Å². The predicted molar refractivity (Wildman–Crippen MR) is 91.9 cm³/mol. The van der Waals surface area contributed by atoms with Crippen molar-refractivity contribution in [3.05, 3.63) is 24.5 Å². The highest BCUT2D eigenvalue weighted by molar-refractivity contribution is 5.76. The first-order chi connectivity index (χ1) is 11.8. The van der Waals surface area contributed by atoms with Gasteiger partial charge >= 0.3 is 0 Å². The van der Waals surface area contributed by atoms with Crippen LogP contribution in [0.2, 0.25) is 0 Å². The second-order valence-corrected chi connectivity index (χ2v) is 6.84. The Labute approximate surface area is 144 Å². The van der Waals surface area contributed by atoms with Crippen molar-refractivity contribution in [2.45, 2.75) is 51.0 Å². The summed E-state index contributed by atoms with van der Waals surface area (Å²) in [6, 6.07) is 3.75. The third-order valence-electron chi connectivity index (χ3n) is 5.07. The monoisotopic (exact) mass is 332 g/mol. The summed E-state index contributed by atoms with van der Waals surface area (Å²) in [7, 11) is 0. The minimum atomic E-state index is 0.248. The number of hydrogen-bond donors (Lipinski definition) is 0. The van der Waals surface area contributed by atoms with Crippen molar-refractivity contribution in [1.82, 2.24) is 9.88 Å². The number of carbonyl (C=O) groups excluding carboxylic acids is 1. The van der Waals surface area contributed by atoms with E-state index in [1.807, 2.05) is 17.0 Å². The molecule has 0 aromatic carbocycles. The van der Waals surface area contributed by atoms with Crippen LogP contribution in [-0.4, -0.2) is 48.2 Å². The molecule has 5 heteroatoms. The molecule has 0 atom stereocenters. The number of pyridine rings is 1. The lowest BCUT2D eigenvalue weighted by Gasteiger charge is -2.32. The van der Waals surface area contributed by atoms with E-state index < -0.39 is 0 Å². The topological polar surface area (TPSA) is 51.7 Å². The SMILES string of the molecule is O=C(CC1CCCC1)N1CCC(OCCOc2cccnc2)CC1. The van der Waals surface area contributed by atoms with Crippen molar-refractivity contribution in [2.75, 3.05) is 26.3 Å². The molecule has 2 heterocycles. The van der Waals surface area contributed by atoms with Crippen LogP contribution in [0.15, 0.2) is 24.5 Å². The summed E-state index contributed by atoms with van der Waals surface area (Å²) < 4.78 is 11.5. The third-order valence-corrected chi connectivity index (χ3v) is 5.07. The van der Waals surface area contributed by atoms with Crippen LogP contribution in [0.25, 0.3) is 0 Å². The standard InChI is InChI=1S/C19H28N2O3/c22-19(14-16-4-1-2-5-16)21-10-7-17(8-11-21)23-12-13-24-18-6-3-9-20-15-18/h3,6,9,15-17H,1-2,4-5,7-8,10-14H2. The second-order valence-electron chi connectivity index (χ2n) is 6.84. The predicted octanol–water partition coefficient (Wildman–Crippen LogP) is 3.05. The summed E-state index contributed by atoms with van der Waals surface area (Å²) in [4.78, 5) is 18.4. The highest BCUT2D eigenvalue weighted by Gasteiger charge is 2.26. The van der Waals surface area contributed by atoms with Crippen molar-refractivity contribution in [2.24, 2.45) is 5.92 Å². The molecule has 1 amide bonds. The number of amides is 1. The summed E-state index contributed by atoms with van der Waals surface area (Å²) in [5, 5.41) is 0. The summed E-state index contributed by atoms with van der Waals surface area (Å²) in [6.07, 6.45) is 11.4. The second kappa shape index (κ2) is 9.02. The molecule has 0 spiro atoms. The zero-order chi connectivity index (χ0) is 16.6. The van der Waals surface area contributed by atoms with Gasteiger partial charge in [0.1, 0.15) is 12.4 Å². The molecule has 1 aliphatic heterocycles. The molecular weight excluding hydrogens is 304 g/mol. The van der Waals surface area contributed by atoms with Gasteiger partial charge in [-0.05, 0) is 43.7 Å². The fourth-order valence-electron chi connectivity index (χ4n) is 3.67.